The molecule has 0 bridgehead atoms. The van der Waals surface area contributed by atoms with Gasteiger partial charge in [0.2, 0.25) is 5.89 Å². The van der Waals surface area contributed by atoms with Crippen molar-refractivity contribution >= 4 is 0 Å². The molecule has 0 unspecified atom stereocenters. The Hall–Kier alpha value is -0.900. The lowest BCUT2D eigenvalue weighted by Gasteiger charge is -2.22. The Morgan fingerprint density at radius 3 is 2.67 bits per heavy atom. The topological polar surface area (TPSA) is 59.2 Å². The van der Waals surface area contributed by atoms with E-state index in [1.807, 2.05) is 0 Å². The Morgan fingerprint density at radius 1 is 1.33 bits per heavy atom. The van der Waals surface area contributed by atoms with Gasteiger partial charge in [-0.1, -0.05) is 5.16 Å². The molecule has 12 heavy (non-hydrogen) atoms. The highest BCUT2D eigenvalue weighted by molar-refractivity contribution is 4.92. The highest BCUT2D eigenvalue weighted by atomic mass is 16.5. The van der Waals surface area contributed by atoms with Gasteiger partial charge in [0, 0.05) is 5.92 Å². The second kappa shape index (κ2) is 3.23. The minimum absolute atomic E-state index is 0.121. The largest absolute Gasteiger partial charge is 0.393 e. The van der Waals surface area contributed by atoms with Gasteiger partial charge in [-0.15, -0.1) is 0 Å². The van der Waals surface area contributed by atoms with E-state index < -0.39 is 0 Å². The van der Waals surface area contributed by atoms with E-state index in [4.69, 9.17) is 4.52 Å². The molecule has 1 aromatic rings. The average molecular weight is 168 g/mol. The van der Waals surface area contributed by atoms with Crippen LogP contribution in [0.5, 0.6) is 0 Å². The fourth-order valence-electron chi connectivity index (χ4n) is 1.68. The van der Waals surface area contributed by atoms with E-state index >= 15 is 0 Å². The summed E-state index contributed by atoms with van der Waals surface area (Å²) >= 11 is 0. The molecule has 1 aromatic heterocycles. The third-order valence-electron chi connectivity index (χ3n) is 2.42. The number of hydrogen-bond acceptors (Lipinski definition) is 4. The highest BCUT2D eigenvalue weighted by Crippen LogP contribution is 2.31. The molecule has 0 aromatic carbocycles. The highest BCUT2D eigenvalue weighted by Gasteiger charge is 2.23. The minimum atomic E-state index is -0.121. The first-order valence-corrected chi connectivity index (χ1v) is 4.31. The van der Waals surface area contributed by atoms with Crippen molar-refractivity contribution in [2.45, 2.75) is 37.7 Å². The number of nitrogens with zero attached hydrogens (tertiary/aromatic N) is 2. The molecular weight excluding hydrogens is 156 g/mol. The Bertz CT molecular complexity index is 227. The fraction of sp³-hybridized carbons (Fsp3) is 0.750. The Labute approximate surface area is 70.6 Å². The second-order valence-corrected chi connectivity index (χ2v) is 3.28. The van der Waals surface area contributed by atoms with Crippen LogP contribution in [-0.4, -0.2) is 21.4 Å². The molecule has 1 aliphatic rings. The van der Waals surface area contributed by atoms with Crippen LogP contribution in [-0.2, 0) is 0 Å². The molecular formula is C8H12N2O2. The van der Waals surface area contributed by atoms with Crippen LogP contribution < -0.4 is 0 Å². The van der Waals surface area contributed by atoms with Crippen LogP contribution in [0.3, 0.4) is 0 Å². The first-order chi connectivity index (χ1) is 5.86. The molecule has 2 rings (SSSR count). The molecule has 1 saturated carbocycles. The predicted octanol–water partition coefficient (Wildman–Crippen LogP) is 1.09. The summed E-state index contributed by atoms with van der Waals surface area (Å²) in [7, 11) is 0. The molecule has 0 atom stereocenters. The molecule has 4 nitrogen and oxygen atoms in total. The van der Waals surface area contributed by atoms with E-state index in [1.54, 1.807) is 0 Å². The molecule has 0 saturated heterocycles. The van der Waals surface area contributed by atoms with Crippen molar-refractivity contribution in [2.75, 3.05) is 0 Å². The molecule has 0 spiro atoms. The number of hydrogen-bond donors (Lipinski definition) is 1. The molecule has 1 N–H and O–H groups in total. The summed E-state index contributed by atoms with van der Waals surface area (Å²) < 4.78 is 4.97. The lowest BCUT2D eigenvalue weighted by atomic mass is 9.87. The van der Waals surface area contributed by atoms with Gasteiger partial charge < -0.3 is 9.63 Å². The summed E-state index contributed by atoms with van der Waals surface area (Å²) in [5.41, 5.74) is 0. The summed E-state index contributed by atoms with van der Waals surface area (Å²) in [6.07, 6.45) is 4.94. The zero-order valence-corrected chi connectivity index (χ0v) is 6.81. The van der Waals surface area contributed by atoms with Gasteiger partial charge >= 0.3 is 0 Å². The molecule has 0 aliphatic heterocycles. The molecule has 1 aliphatic carbocycles. The van der Waals surface area contributed by atoms with Crippen molar-refractivity contribution in [3.63, 3.8) is 0 Å². The molecule has 1 heterocycles. The van der Waals surface area contributed by atoms with Crippen molar-refractivity contribution < 1.29 is 9.63 Å². The standard InChI is InChI=1S/C8H12N2O2/c11-7-3-1-6(2-4-7)8-9-5-10-12-8/h5-7,11H,1-4H2. The average Bonchev–Trinajstić information content (AvgIpc) is 2.58. The van der Waals surface area contributed by atoms with Gasteiger partial charge in [-0.2, -0.15) is 4.98 Å². The summed E-state index contributed by atoms with van der Waals surface area (Å²) in [5, 5.41) is 12.8. The minimum Gasteiger partial charge on any atom is -0.393 e. The normalized spacial score (nSPS) is 30.4. The van der Waals surface area contributed by atoms with Crippen molar-refractivity contribution in [1.82, 2.24) is 10.1 Å². The van der Waals surface area contributed by atoms with Crippen LogP contribution in [0.2, 0.25) is 0 Å². The Kier molecular flexibility index (Phi) is 2.08. The number of aliphatic hydroxyl groups excluding tert-OH is 1. The number of aliphatic hydroxyl groups is 1. The Morgan fingerprint density at radius 2 is 2.08 bits per heavy atom. The third-order valence-corrected chi connectivity index (χ3v) is 2.42. The van der Waals surface area contributed by atoms with Gasteiger partial charge in [0.25, 0.3) is 0 Å². The molecule has 66 valence electrons. The zero-order valence-electron chi connectivity index (χ0n) is 6.81. The monoisotopic (exact) mass is 168 g/mol. The van der Waals surface area contributed by atoms with Gasteiger partial charge in [0.15, 0.2) is 6.33 Å². The molecule has 0 radical (unpaired) electrons. The molecule has 1 fully saturated rings. The maximum Gasteiger partial charge on any atom is 0.229 e. The van der Waals surface area contributed by atoms with Crippen LogP contribution in [0, 0.1) is 0 Å². The van der Waals surface area contributed by atoms with Gasteiger partial charge in [-0.3, -0.25) is 0 Å². The Balaban J connectivity index is 1.99. The van der Waals surface area contributed by atoms with Crippen LogP contribution in [0.1, 0.15) is 37.5 Å². The lowest BCUT2D eigenvalue weighted by molar-refractivity contribution is 0.116. The summed E-state index contributed by atoms with van der Waals surface area (Å²) in [5.74, 6) is 1.10. The SMILES string of the molecule is OC1CCC(c2ncno2)CC1. The van der Waals surface area contributed by atoms with Crippen molar-refractivity contribution in [3.8, 4) is 0 Å². The van der Waals surface area contributed by atoms with E-state index in [0.717, 1.165) is 31.6 Å². The lowest BCUT2D eigenvalue weighted by Crippen LogP contribution is -2.17. The number of aromatic nitrogens is 2. The number of rotatable bonds is 1. The van der Waals surface area contributed by atoms with Gasteiger partial charge in [0.05, 0.1) is 6.10 Å². The van der Waals surface area contributed by atoms with E-state index in [0.29, 0.717) is 5.92 Å². The first kappa shape index (κ1) is 7.73. The van der Waals surface area contributed by atoms with Gasteiger partial charge in [0.1, 0.15) is 0 Å². The van der Waals surface area contributed by atoms with Crippen LogP contribution in [0.4, 0.5) is 0 Å². The summed E-state index contributed by atoms with van der Waals surface area (Å²) in [6, 6.07) is 0. The second-order valence-electron chi connectivity index (χ2n) is 3.28. The zero-order chi connectivity index (χ0) is 8.39. The molecule has 0 amide bonds. The summed E-state index contributed by atoms with van der Waals surface area (Å²) in [6.45, 7) is 0. The predicted molar refractivity (Wildman–Crippen MR) is 41.5 cm³/mol. The van der Waals surface area contributed by atoms with E-state index in [9.17, 15) is 5.11 Å². The first-order valence-electron chi connectivity index (χ1n) is 4.31. The van der Waals surface area contributed by atoms with Gasteiger partial charge in [-0.05, 0) is 25.7 Å². The van der Waals surface area contributed by atoms with Crippen LogP contribution in [0.15, 0.2) is 10.9 Å². The smallest absolute Gasteiger partial charge is 0.229 e. The van der Waals surface area contributed by atoms with E-state index in [2.05, 4.69) is 10.1 Å². The third kappa shape index (κ3) is 1.48. The van der Waals surface area contributed by atoms with Crippen LogP contribution in [0.25, 0.3) is 0 Å². The maximum absolute atomic E-state index is 9.26. The van der Waals surface area contributed by atoms with E-state index in [-0.39, 0.29) is 6.10 Å². The van der Waals surface area contributed by atoms with Crippen molar-refractivity contribution in [3.05, 3.63) is 12.2 Å². The summed E-state index contributed by atoms with van der Waals surface area (Å²) in [4.78, 5) is 4.01. The van der Waals surface area contributed by atoms with Crippen molar-refractivity contribution in [1.29, 1.82) is 0 Å². The van der Waals surface area contributed by atoms with Crippen LogP contribution >= 0.6 is 0 Å². The van der Waals surface area contributed by atoms with E-state index in [1.165, 1.54) is 6.33 Å². The molecule has 4 heteroatoms. The maximum atomic E-state index is 9.26. The fourth-order valence-corrected chi connectivity index (χ4v) is 1.68. The van der Waals surface area contributed by atoms with Crippen molar-refractivity contribution in [2.24, 2.45) is 0 Å². The van der Waals surface area contributed by atoms with Gasteiger partial charge in [-0.25, -0.2) is 0 Å². The quantitative estimate of drug-likeness (QED) is 0.681.